The van der Waals surface area contributed by atoms with Gasteiger partial charge in [-0.25, -0.2) is 4.99 Å². The van der Waals surface area contributed by atoms with Gasteiger partial charge in [0.25, 0.3) is 0 Å². The predicted octanol–water partition coefficient (Wildman–Crippen LogP) is 0.543. The molecule has 0 unspecified atom stereocenters. The summed E-state index contributed by atoms with van der Waals surface area (Å²) >= 11 is 0. The molecule has 0 aromatic heterocycles. The Labute approximate surface area is 122 Å². The van der Waals surface area contributed by atoms with Gasteiger partial charge < -0.3 is 19.9 Å². The van der Waals surface area contributed by atoms with Crippen LogP contribution in [0.25, 0.3) is 0 Å². The summed E-state index contributed by atoms with van der Waals surface area (Å²) in [4.78, 5) is 19.9. The van der Waals surface area contributed by atoms with E-state index in [9.17, 15) is 4.79 Å². The highest BCUT2D eigenvalue weighted by Crippen LogP contribution is 2.07. The van der Waals surface area contributed by atoms with E-state index < -0.39 is 0 Å². The second kappa shape index (κ2) is 9.58. The molecule has 6 heteroatoms. The van der Waals surface area contributed by atoms with Crippen molar-refractivity contribution in [1.29, 1.82) is 0 Å². The highest BCUT2D eigenvalue weighted by molar-refractivity contribution is 5.84. The minimum atomic E-state index is 0.0258. The number of nitrogens with zero attached hydrogens (tertiary/aromatic N) is 3. The van der Waals surface area contributed by atoms with Crippen molar-refractivity contribution in [3.05, 3.63) is 0 Å². The second-order valence-electron chi connectivity index (χ2n) is 5.10. The lowest BCUT2D eigenvalue weighted by Gasteiger charge is -2.21. The number of likely N-dealkylation sites (N-methyl/N-ethyl adjacent to an activating group) is 1. The molecule has 1 saturated heterocycles. The third kappa shape index (κ3) is 6.23. The number of likely N-dealkylation sites (tertiary alicyclic amines) is 1. The van der Waals surface area contributed by atoms with Crippen LogP contribution in [-0.4, -0.2) is 75.2 Å². The number of ether oxygens (including phenoxy) is 1. The van der Waals surface area contributed by atoms with Gasteiger partial charge in [-0.15, -0.1) is 0 Å². The molecule has 1 fully saturated rings. The third-order valence-electron chi connectivity index (χ3n) is 3.22. The zero-order valence-corrected chi connectivity index (χ0v) is 13.0. The molecule has 0 bridgehead atoms. The average molecular weight is 284 g/mol. The summed E-state index contributed by atoms with van der Waals surface area (Å²) in [5.41, 5.74) is 0. The standard InChI is InChI=1S/C14H28N4O2/c1-4-20-11-7-8-15-14(18-9-5-6-10-18)16-12-13(19)17(2)3/h4-12H2,1-3H3,(H,15,16). The van der Waals surface area contributed by atoms with Gasteiger partial charge in [-0.05, 0) is 26.2 Å². The number of carbonyl (C=O) groups is 1. The van der Waals surface area contributed by atoms with Crippen LogP contribution in [0.2, 0.25) is 0 Å². The Morgan fingerprint density at radius 3 is 2.65 bits per heavy atom. The quantitative estimate of drug-likeness (QED) is 0.421. The van der Waals surface area contributed by atoms with Crippen molar-refractivity contribution in [3.8, 4) is 0 Å². The summed E-state index contributed by atoms with van der Waals surface area (Å²) < 4.78 is 5.32. The lowest BCUT2D eigenvalue weighted by atomic mass is 10.4. The molecule has 1 aliphatic rings. The first-order valence-corrected chi connectivity index (χ1v) is 7.46. The van der Waals surface area contributed by atoms with Gasteiger partial charge in [0.05, 0.1) is 0 Å². The number of hydrogen-bond donors (Lipinski definition) is 1. The highest BCUT2D eigenvalue weighted by atomic mass is 16.5. The van der Waals surface area contributed by atoms with E-state index >= 15 is 0 Å². The van der Waals surface area contributed by atoms with Gasteiger partial charge in [-0.3, -0.25) is 4.79 Å². The summed E-state index contributed by atoms with van der Waals surface area (Å²) in [5.74, 6) is 0.881. The first kappa shape index (κ1) is 16.8. The number of rotatable bonds is 7. The van der Waals surface area contributed by atoms with E-state index in [-0.39, 0.29) is 12.5 Å². The maximum atomic E-state index is 11.6. The molecule has 1 N–H and O–H groups in total. The van der Waals surface area contributed by atoms with E-state index in [2.05, 4.69) is 15.2 Å². The highest BCUT2D eigenvalue weighted by Gasteiger charge is 2.16. The summed E-state index contributed by atoms with van der Waals surface area (Å²) in [6.07, 6.45) is 3.34. The van der Waals surface area contributed by atoms with Crippen LogP contribution in [0.15, 0.2) is 4.99 Å². The predicted molar refractivity (Wildman–Crippen MR) is 80.9 cm³/mol. The number of hydrogen-bond acceptors (Lipinski definition) is 3. The number of guanidine groups is 1. The first-order chi connectivity index (χ1) is 9.65. The average Bonchev–Trinajstić information content (AvgIpc) is 2.95. The molecule has 1 aliphatic heterocycles. The molecule has 1 heterocycles. The van der Waals surface area contributed by atoms with E-state index in [1.54, 1.807) is 19.0 Å². The van der Waals surface area contributed by atoms with E-state index in [1.165, 1.54) is 12.8 Å². The van der Waals surface area contributed by atoms with Gasteiger partial charge in [0.1, 0.15) is 6.54 Å². The van der Waals surface area contributed by atoms with Gasteiger partial charge in [0.15, 0.2) is 5.96 Å². The first-order valence-electron chi connectivity index (χ1n) is 7.46. The molecule has 0 aromatic rings. The molecule has 6 nitrogen and oxygen atoms in total. The molecule has 0 radical (unpaired) electrons. The zero-order chi connectivity index (χ0) is 14.8. The maximum Gasteiger partial charge on any atom is 0.243 e. The SMILES string of the molecule is CCOCCCNC(=NCC(=O)N(C)C)N1CCCC1. The molecule has 1 rings (SSSR count). The Kier molecular flexibility index (Phi) is 8.02. The monoisotopic (exact) mass is 284 g/mol. The topological polar surface area (TPSA) is 57.2 Å². The molecule has 0 saturated carbocycles. The van der Waals surface area contributed by atoms with E-state index in [1.807, 2.05) is 6.92 Å². The summed E-state index contributed by atoms with van der Waals surface area (Å²) in [5, 5.41) is 3.34. The van der Waals surface area contributed by atoms with Gasteiger partial charge in [-0.1, -0.05) is 0 Å². The van der Waals surface area contributed by atoms with Crippen LogP contribution < -0.4 is 5.32 Å². The van der Waals surface area contributed by atoms with Crippen LogP contribution in [0.4, 0.5) is 0 Å². The van der Waals surface area contributed by atoms with Crippen LogP contribution >= 0.6 is 0 Å². The minimum Gasteiger partial charge on any atom is -0.382 e. The largest absolute Gasteiger partial charge is 0.382 e. The fraction of sp³-hybridized carbons (Fsp3) is 0.857. The van der Waals surface area contributed by atoms with E-state index in [0.717, 1.165) is 45.2 Å². The van der Waals surface area contributed by atoms with Crippen LogP contribution in [0.3, 0.4) is 0 Å². The fourth-order valence-corrected chi connectivity index (χ4v) is 2.00. The molecule has 0 aromatic carbocycles. The Morgan fingerprint density at radius 1 is 1.35 bits per heavy atom. The third-order valence-corrected chi connectivity index (χ3v) is 3.22. The van der Waals surface area contributed by atoms with Gasteiger partial charge in [0.2, 0.25) is 5.91 Å². The smallest absolute Gasteiger partial charge is 0.243 e. The zero-order valence-electron chi connectivity index (χ0n) is 13.0. The number of carbonyl (C=O) groups excluding carboxylic acids is 1. The number of aliphatic imine (C=N–C) groups is 1. The minimum absolute atomic E-state index is 0.0258. The van der Waals surface area contributed by atoms with Gasteiger partial charge in [-0.2, -0.15) is 0 Å². The van der Waals surface area contributed by atoms with Crippen LogP contribution in [0, 0.1) is 0 Å². The normalized spacial score (nSPS) is 15.6. The molecular formula is C14H28N4O2. The Morgan fingerprint density at radius 2 is 2.05 bits per heavy atom. The van der Waals surface area contributed by atoms with Gasteiger partial charge >= 0.3 is 0 Å². The van der Waals surface area contributed by atoms with Crippen molar-refractivity contribution in [2.45, 2.75) is 26.2 Å². The number of amides is 1. The molecule has 0 spiro atoms. The van der Waals surface area contributed by atoms with Crippen molar-refractivity contribution >= 4 is 11.9 Å². The van der Waals surface area contributed by atoms with Crippen LogP contribution in [0.5, 0.6) is 0 Å². The lowest BCUT2D eigenvalue weighted by Crippen LogP contribution is -2.41. The molecule has 20 heavy (non-hydrogen) atoms. The number of nitrogens with one attached hydrogen (secondary N) is 1. The van der Waals surface area contributed by atoms with Crippen LogP contribution in [0.1, 0.15) is 26.2 Å². The molecule has 0 atom stereocenters. The fourth-order valence-electron chi connectivity index (χ4n) is 2.00. The summed E-state index contributed by atoms with van der Waals surface area (Å²) in [6, 6.07) is 0. The second-order valence-corrected chi connectivity index (χ2v) is 5.10. The molecule has 0 aliphatic carbocycles. The summed E-state index contributed by atoms with van der Waals surface area (Å²) in [7, 11) is 3.51. The van der Waals surface area contributed by atoms with Crippen molar-refractivity contribution in [2.24, 2.45) is 4.99 Å². The maximum absolute atomic E-state index is 11.6. The molecule has 116 valence electrons. The summed E-state index contributed by atoms with van der Waals surface area (Å²) in [6.45, 7) is 6.58. The lowest BCUT2D eigenvalue weighted by molar-refractivity contribution is -0.127. The Hall–Kier alpha value is -1.30. The van der Waals surface area contributed by atoms with Crippen molar-refractivity contribution in [1.82, 2.24) is 15.1 Å². The van der Waals surface area contributed by atoms with Crippen molar-refractivity contribution in [2.75, 3.05) is 53.5 Å². The Bertz CT molecular complexity index is 312. The van der Waals surface area contributed by atoms with E-state index in [4.69, 9.17) is 4.74 Å². The van der Waals surface area contributed by atoms with Crippen LogP contribution in [-0.2, 0) is 9.53 Å². The Balaban J connectivity index is 2.43. The van der Waals surface area contributed by atoms with Crippen molar-refractivity contribution in [3.63, 3.8) is 0 Å². The van der Waals surface area contributed by atoms with E-state index in [0.29, 0.717) is 0 Å². The van der Waals surface area contributed by atoms with Crippen molar-refractivity contribution < 1.29 is 9.53 Å². The molecule has 1 amide bonds. The molecular weight excluding hydrogens is 256 g/mol. The van der Waals surface area contributed by atoms with Gasteiger partial charge in [0, 0.05) is 46.9 Å².